The molecule has 0 aliphatic carbocycles. The molecule has 2 aromatic rings. The minimum Gasteiger partial charge on any atom is -0.494 e. The summed E-state index contributed by atoms with van der Waals surface area (Å²) < 4.78 is 5.69. The van der Waals surface area contributed by atoms with E-state index in [0.29, 0.717) is 31.6 Å². The zero-order valence-electron chi connectivity index (χ0n) is 17.4. The molecule has 154 valence electrons. The van der Waals surface area contributed by atoms with Crippen LogP contribution in [0.15, 0.2) is 48.5 Å². The highest BCUT2D eigenvalue weighted by Gasteiger charge is 2.17. The van der Waals surface area contributed by atoms with Gasteiger partial charge in [0.15, 0.2) is 5.78 Å². The van der Waals surface area contributed by atoms with Crippen LogP contribution in [0, 0.1) is 0 Å². The predicted molar refractivity (Wildman–Crippen MR) is 116 cm³/mol. The topological polar surface area (TPSA) is 49.9 Å². The maximum absolute atomic E-state index is 12.5. The van der Waals surface area contributed by atoms with Crippen molar-refractivity contribution >= 4 is 17.4 Å². The Hall–Kier alpha value is -2.82. The second-order valence-corrected chi connectivity index (χ2v) is 7.61. The van der Waals surface area contributed by atoms with E-state index >= 15 is 0 Å². The van der Waals surface area contributed by atoms with E-state index < -0.39 is 0 Å². The molecule has 1 fully saturated rings. The number of amides is 1. The summed E-state index contributed by atoms with van der Waals surface area (Å²) in [5, 5.41) is 0. The number of ketones is 1. The minimum absolute atomic E-state index is 0.0384. The molecule has 5 heteroatoms. The molecule has 1 heterocycles. The average molecular weight is 395 g/mol. The number of hydrogen-bond acceptors (Lipinski definition) is 4. The standard InChI is InChI=1S/C24H30N2O3/c1-19(27)20-11-13-22(14-12-20)29-17-7-10-24(28)25(2)18-21-8-3-4-9-23(21)26-15-5-6-16-26/h3-4,8-9,11-14H,5-7,10,15-18H2,1-2H3. The summed E-state index contributed by atoms with van der Waals surface area (Å²) in [6.45, 7) is 4.84. The van der Waals surface area contributed by atoms with Crippen molar-refractivity contribution in [1.82, 2.24) is 4.90 Å². The zero-order chi connectivity index (χ0) is 20.6. The predicted octanol–water partition coefficient (Wildman–Crippen LogP) is 4.31. The third-order valence-corrected chi connectivity index (χ3v) is 5.34. The Kier molecular flexibility index (Phi) is 7.28. The fourth-order valence-electron chi connectivity index (χ4n) is 3.64. The Labute approximate surface area is 173 Å². The molecule has 0 atom stereocenters. The summed E-state index contributed by atoms with van der Waals surface area (Å²) in [6.07, 6.45) is 3.58. The summed E-state index contributed by atoms with van der Waals surface area (Å²) in [5.41, 5.74) is 3.12. The lowest BCUT2D eigenvalue weighted by Gasteiger charge is -2.24. The van der Waals surface area contributed by atoms with Crippen molar-refractivity contribution in [2.45, 2.75) is 39.2 Å². The van der Waals surface area contributed by atoms with Crippen LogP contribution in [0.1, 0.15) is 48.5 Å². The zero-order valence-corrected chi connectivity index (χ0v) is 17.4. The number of carbonyl (C=O) groups excluding carboxylic acids is 2. The minimum atomic E-state index is 0.0384. The lowest BCUT2D eigenvalue weighted by molar-refractivity contribution is -0.130. The monoisotopic (exact) mass is 394 g/mol. The summed E-state index contributed by atoms with van der Waals surface area (Å²) in [7, 11) is 1.87. The average Bonchev–Trinajstić information content (AvgIpc) is 3.26. The quantitative estimate of drug-likeness (QED) is 0.470. The number of rotatable bonds is 9. The highest BCUT2D eigenvalue weighted by Crippen LogP contribution is 2.25. The number of Topliss-reactive ketones (excluding diaryl/α,β-unsaturated/α-hetero) is 1. The third kappa shape index (κ3) is 5.83. The van der Waals surface area contributed by atoms with Crippen LogP contribution in [0.4, 0.5) is 5.69 Å². The lowest BCUT2D eigenvalue weighted by Crippen LogP contribution is -2.28. The highest BCUT2D eigenvalue weighted by atomic mass is 16.5. The van der Waals surface area contributed by atoms with Gasteiger partial charge in [-0.15, -0.1) is 0 Å². The molecular formula is C24H30N2O3. The summed E-state index contributed by atoms with van der Waals surface area (Å²) in [4.78, 5) is 28.0. The molecule has 0 N–H and O–H groups in total. The Balaban J connectivity index is 1.44. The molecule has 5 nitrogen and oxygen atoms in total. The molecular weight excluding hydrogens is 364 g/mol. The van der Waals surface area contributed by atoms with Crippen molar-refractivity contribution in [2.75, 3.05) is 31.6 Å². The van der Waals surface area contributed by atoms with Gasteiger partial charge in [-0.2, -0.15) is 0 Å². The Bertz CT molecular complexity index is 826. The fraction of sp³-hybridized carbons (Fsp3) is 0.417. The van der Waals surface area contributed by atoms with Crippen molar-refractivity contribution < 1.29 is 14.3 Å². The molecule has 0 unspecified atom stereocenters. The molecule has 1 aliphatic rings. The van der Waals surface area contributed by atoms with Crippen LogP contribution in [-0.2, 0) is 11.3 Å². The molecule has 1 aliphatic heterocycles. The van der Waals surface area contributed by atoms with Gasteiger partial charge in [0, 0.05) is 44.4 Å². The Morgan fingerprint density at radius 2 is 1.72 bits per heavy atom. The molecule has 0 aromatic heterocycles. The van der Waals surface area contributed by atoms with E-state index in [1.165, 1.54) is 24.1 Å². The molecule has 1 amide bonds. The van der Waals surface area contributed by atoms with Gasteiger partial charge in [0.2, 0.25) is 5.91 Å². The van der Waals surface area contributed by atoms with E-state index in [1.807, 2.05) is 13.1 Å². The Morgan fingerprint density at radius 3 is 2.41 bits per heavy atom. The SMILES string of the molecule is CC(=O)c1ccc(OCCCC(=O)N(C)Cc2ccccc2N2CCCC2)cc1. The first kappa shape index (κ1) is 20.9. The molecule has 0 spiro atoms. The number of ether oxygens (including phenoxy) is 1. The maximum atomic E-state index is 12.5. The highest BCUT2D eigenvalue weighted by molar-refractivity contribution is 5.94. The smallest absolute Gasteiger partial charge is 0.222 e. The molecule has 1 saturated heterocycles. The lowest BCUT2D eigenvalue weighted by atomic mass is 10.1. The maximum Gasteiger partial charge on any atom is 0.222 e. The summed E-state index contributed by atoms with van der Waals surface area (Å²) >= 11 is 0. The number of para-hydroxylation sites is 1. The van der Waals surface area contributed by atoms with Crippen LogP contribution < -0.4 is 9.64 Å². The molecule has 0 bridgehead atoms. The van der Waals surface area contributed by atoms with Crippen LogP contribution in [0.25, 0.3) is 0 Å². The number of benzene rings is 2. The first-order valence-electron chi connectivity index (χ1n) is 10.3. The van der Waals surface area contributed by atoms with Gasteiger partial charge < -0.3 is 14.5 Å². The second-order valence-electron chi connectivity index (χ2n) is 7.61. The van der Waals surface area contributed by atoms with Crippen LogP contribution >= 0.6 is 0 Å². The van der Waals surface area contributed by atoms with Crippen LogP contribution in [0.3, 0.4) is 0 Å². The molecule has 0 saturated carbocycles. The van der Waals surface area contributed by atoms with Gasteiger partial charge in [-0.3, -0.25) is 9.59 Å². The van der Waals surface area contributed by atoms with Crippen molar-refractivity contribution in [3.63, 3.8) is 0 Å². The molecule has 3 rings (SSSR count). The van der Waals surface area contributed by atoms with E-state index in [1.54, 1.807) is 36.1 Å². The van der Waals surface area contributed by atoms with Gasteiger partial charge in [-0.05, 0) is 62.1 Å². The van der Waals surface area contributed by atoms with Crippen LogP contribution in [0.2, 0.25) is 0 Å². The van der Waals surface area contributed by atoms with Crippen LogP contribution in [-0.4, -0.2) is 43.3 Å². The van der Waals surface area contributed by atoms with Crippen molar-refractivity contribution in [3.8, 4) is 5.75 Å². The van der Waals surface area contributed by atoms with E-state index in [2.05, 4.69) is 23.1 Å². The number of anilines is 1. The molecule has 29 heavy (non-hydrogen) atoms. The normalized spacial score (nSPS) is 13.4. The summed E-state index contributed by atoms with van der Waals surface area (Å²) in [5.74, 6) is 0.878. The van der Waals surface area contributed by atoms with Crippen molar-refractivity contribution in [1.29, 1.82) is 0 Å². The Morgan fingerprint density at radius 1 is 1.03 bits per heavy atom. The number of carbonyl (C=O) groups is 2. The van der Waals surface area contributed by atoms with Gasteiger partial charge in [0.1, 0.15) is 5.75 Å². The number of nitrogens with zero attached hydrogens (tertiary/aromatic N) is 2. The second kappa shape index (κ2) is 10.1. The largest absolute Gasteiger partial charge is 0.494 e. The summed E-state index contributed by atoms with van der Waals surface area (Å²) in [6, 6.07) is 15.5. The van der Waals surface area contributed by atoms with Gasteiger partial charge in [0.05, 0.1) is 6.61 Å². The van der Waals surface area contributed by atoms with Crippen LogP contribution in [0.5, 0.6) is 5.75 Å². The van der Waals surface area contributed by atoms with Gasteiger partial charge in [-0.25, -0.2) is 0 Å². The number of hydrogen-bond donors (Lipinski definition) is 0. The first-order valence-corrected chi connectivity index (χ1v) is 10.3. The van der Waals surface area contributed by atoms with Crippen molar-refractivity contribution in [2.24, 2.45) is 0 Å². The third-order valence-electron chi connectivity index (χ3n) is 5.34. The molecule has 0 radical (unpaired) electrons. The van der Waals surface area contributed by atoms with E-state index in [4.69, 9.17) is 4.74 Å². The van der Waals surface area contributed by atoms with E-state index in [9.17, 15) is 9.59 Å². The fourth-order valence-corrected chi connectivity index (χ4v) is 3.64. The molecule has 2 aromatic carbocycles. The van der Waals surface area contributed by atoms with E-state index in [0.717, 1.165) is 18.8 Å². The van der Waals surface area contributed by atoms with E-state index in [-0.39, 0.29) is 11.7 Å². The van der Waals surface area contributed by atoms with Crippen molar-refractivity contribution in [3.05, 3.63) is 59.7 Å². The van der Waals surface area contributed by atoms with Gasteiger partial charge in [0.25, 0.3) is 0 Å². The first-order chi connectivity index (χ1) is 14.0. The van der Waals surface area contributed by atoms with Gasteiger partial charge >= 0.3 is 0 Å². The van der Waals surface area contributed by atoms with Gasteiger partial charge in [-0.1, -0.05) is 18.2 Å².